The molecule has 2 heteroatoms. The molecule has 1 aliphatic carbocycles. The summed E-state index contributed by atoms with van der Waals surface area (Å²) in [6, 6.07) is 10.7. The Balaban J connectivity index is 1.67. The van der Waals surface area contributed by atoms with Crippen molar-refractivity contribution < 1.29 is 4.74 Å². The summed E-state index contributed by atoms with van der Waals surface area (Å²) in [6.07, 6.45) is 9.02. The first-order valence-corrected chi connectivity index (χ1v) is 5.88. The summed E-state index contributed by atoms with van der Waals surface area (Å²) >= 11 is 0. The summed E-state index contributed by atoms with van der Waals surface area (Å²) in [5.74, 6) is 0.788. The minimum absolute atomic E-state index is 0.252. The van der Waals surface area contributed by atoms with Gasteiger partial charge < -0.3 is 10.1 Å². The molecule has 0 radical (unpaired) electrons. The molecule has 1 aliphatic heterocycles. The number of hydrogen-bond donors (Lipinski definition) is 0. The molecule has 1 atom stereocenters. The maximum Gasteiger partial charge on any atom is 0.0727 e. The van der Waals surface area contributed by atoms with Gasteiger partial charge in [0.05, 0.1) is 6.61 Å². The summed E-state index contributed by atoms with van der Waals surface area (Å²) in [5, 5.41) is 4.62. The Hall–Kier alpha value is -1.96. The van der Waals surface area contributed by atoms with E-state index in [1.807, 2.05) is 30.4 Å². The Morgan fingerprint density at radius 3 is 2.65 bits per heavy atom. The maximum atomic E-state index is 5.63. The first-order valence-electron chi connectivity index (χ1n) is 5.88. The molecule has 1 saturated heterocycles. The summed E-state index contributed by atoms with van der Waals surface area (Å²) < 4.78 is 5.63. The van der Waals surface area contributed by atoms with E-state index in [-0.39, 0.29) is 6.04 Å². The minimum Gasteiger partial charge on any atom is -0.648 e. The van der Waals surface area contributed by atoms with E-state index in [1.165, 1.54) is 5.56 Å². The lowest BCUT2D eigenvalue weighted by molar-refractivity contribution is 0.254. The van der Waals surface area contributed by atoms with Gasteiger partial charge in [0, 0.05) is 5.88 Å². The van der Waals surface area contributed by atoms with Gasteiger partial charge in [-0.05, 0) is 17.6 Å². The number of hydrogen-bond acceptors (Lipinski definition) is 1. The van der Waals surface area contributed by atoms with Crippen LogP contribution in [0.1, 0.15) is 5.56 Å². The molecule has 1 aromatic carbocycles. The van der Waals surface area contributed by atoms with Gasteiger partial charge in [-0.3, -0.25) is 0 Å². The van der Waals surface area contributed by atoms with Gasteiger partial charge in [-0.2, -0.15) is 0 Å². The molecule has 0 amide bonds. The highest BCUT2D eigenvalue weighted by Crippen LogP contribution is 2.29. The van der Waals surface area contributed by atoms with Gasteiger partial charge in [-0.15, -0.1) is 0 Å². The fourth-order valence-corrected chi connectivity index (χ4v) is 2.08. The number of benzene rings is 1. The van der Waals surface area contributed by atoms with E-state index >= 15 is 0 Å². The van der Waals surface area contributed by atoms with Crippen LogP contribution < -0.4 is 0 Å². The molecule has 0 spiro atoms. The van der Waals surface area contributed by atoms with Crippen LogP contribution in [-0.2, 0) is 11.2 Å². The minimum atomic E-state index is 0.252. The van der Waals surface area contributed by atoms with E-state index in [1.54, 1.807) is 0 Å². The predicted molar refractivity (Wildman–Crippen MR) is 68.6 cm³/mol. The molecular formula is C15H14NO-. The van der Waals surface area contributed by atoms with E-state index < -0.39 is 0 Å². The molecule has 2 aliphatic rings. The van der Waals surface area contributed by atoms with Gasteiger partial charge in [-0.25, -0.2) is 0 Å². The van der Waals surface area contributed by atoms with Crippen molar-refractivity contribution in [2.75, 3.05) is 6.61 Å². The zero-order valence-electron chi connectivity index (χ0n) is 9.54. The van der Waals surface area contributed by atoms with Crippen LogP contribution >= 0.6 is 0 Å². The van der Waals surface area contributed by atoms with Crippen molar-refractivity contribution in [2.24, 2.45) is 0 Å². The van der Waals surface area contributed by atoms with Crippen LogP contribution in [0.4, 0.5) is 0 Å². The SMILES string of the molecule is C1=CC(=C2[N-][C@@H](Cc3ccccc3)CO2)C=C1. The van der Waals surface area contributed by atoms with Crippen molar-refractivity contribution in [2.45, 2.75) is 12.5 Å². The number of ether oxygens (including phenoxy) is 1. The van der Waals surface area contributed by atoms with Gasteiger partial charge in [0.1, 0.15) is 0 Å². The van der Waals surface area contributed by atoms with Gasteiger partial charge in [0.25, 0.3) is 0 Å². The zero-order chi connectivity index (χ0) is 11.5. The van der Waals surface area contributed by atoms with E-state index in [0.717, 1.165) is 17.9 Å². The van der Waals surface area contributed by atoms with Crippen LogP contribution in [-0.4, -0.2) is 12.6 Å². The summed E-state index contributed by atoms with van der Waals surface area (Å²) in [6.45, 7) is 0.690. The molecule has 0 unspecified atom stereocenters. The molecule has 1 aromatic rings. The van der Waals surface area contributed by atoms with Crippen LogP contribution in [0.2, 0.25) is 0 Å². The molecule has 1 heterocycles. The third-order valence-corrected chi connectivity index (χ3v) is 2.94. The average Bonchev–Trinajstić information content (AvgIpc) is 3.00. The fourth-order valence-electron chi connectivity index (χ4n) is 2.08. The second-order valence-corrected chi connectivity index (χ2v) is 4.26. The fraction of sp³-hybridized carbons (Fsp3) is 0.200. The highest BCUT2D eigenvalue weighted by atomic mass is 16.5. The van der Waals surface area contributed by atoms with Crippen molar-refractivity contribution in [3.8, 4) is 0 Å². The van der Waals surface area contributed by atoms with Crippen LogP contribution in [0.5, 0.6) is 0 Å². The molecule has 3 rings (SSSR count). The summed E-state index contributed by atoms with van der Waals surface area (Å²) in [5.41, 5.74) is 2.40. The zero-order valence-corrected chi connectivity index (χ0v) is 9.54. The number of allylic oxidation sites excluding steroid dienone is 5. The molecule has 17 heavy (non-hydrogen) atoms. The van der Waals surface area contributed by atoms with E-state index in [2.05, 4.69) is 29.6 Å². The standard InChI is InChI=1S/C15H14NO/c1-2-6-12(7-3-1)10-14-11-17-15(16-14)13-8-4-5-9-13/h1-9,14H,10-11H2/q-1/t14-/m0/s1. The van der Waals surface area contributed by atoms with E-state index in [9.17, 15) is 0 Å². The summed E-state index contributed by atoms with van der Waals surface area (Å²) in [4.78, 5) is 0. The molecule has 0 aromatic heterocycles. The second-order valence-electron chi connectivity index (χ2n) is 4.26. The second kappa shape index (κ2) is 4.50. The van der Waals surface area contributed by atoms with Crippen LogP contribution in [0, 0.1) is 0 Å². The van der Waals surface area contributed by atoms with Crippen molar-refractivity contribution in [1.82, 2.24) is 0 Å². The van der Waals surface area contributed by atoms with Crippen molar-refractivity contribution in [1.29, 1.82) is 0 Å². The molecule has 0 bridgehead atoms. The lowest BCUT2D eigenvalue weighted by atomic mass is 10.1. The summed E-state index contributed by atoms with van der Waals surface area (Å²) in [7, 11) is 0. The van der Waals surface area contributed by atoms with Crippen LogP contribution in [0.3, 0.4) is 0 Å². The highest BCUT2D eigenvalue weighted by Gasteiger charge is 2.11. The molecular weight excluding hydrogens is 210 g/mol. The third kappa shape index (κ3) is 2.26. The van der Waals surface area contributed by atoms with E-state index in [0.29, 0.717) is 6.61 Å². The lowest BCUT2D eigenvalue weighted by Gasteiger charge is -2.21. The van der Waals surface area contributed by atoms with E-state index in [4.69, 9.17) is 4.74 Å². The Morgan fingerprint density at radius 2 is 1.88 bits per heavy atom. The Labute approximate surface area is 101 Å². The van der Waals surface area contributed by atoms with Crippen molar-refractivity contribution >= 4 is 0 Å². The number of rotatable bonds is 2. The highest BCUT2D eigenvalue weighted by molar-refractivity contribution is 5.46. The van der Waals surface area contributed by atoms with Gasteiger partial charge >= 0.3 is 0 Å². The first-order chi connectivity index (χ1) is 8.42. The van der Waals surface area contributed by atoms with Gasteiger partial charge in [-0.1, -0.05) is 60.7 Å². The van der Waals surface area contributed by atoms with Gasteiger partial charge in [0.15, 0.2) is 0 Å². The molecule has 2 nitrogen and oxygen atoms in total. The molecule has 86 valence electrons. The predicted octanol–water partition coefficient (Wildman–Crippen LogP) is 3.34. The topological polar surface area (TPSA) is 23.3 Å². The monoisotopic (exact) mass is 224 g/mol. The van der Waals surface area contributed by atoms with Crippen LogP contribution in [0.25, 0.3) is 5.32 Å². The molecule has 0 N–H and O–H groups in total. The molecule has 0 saturated carbocycles. The van der Waals surface area contributed by atoms with Crippen molar-refractivity contribution in [3.05, 3.63) is 77.0 Å². The maximum absolute atomic E-state index is 5.63. The third-order valence-electron chi connectivity index (χ3n) is 2.94. The smallest absolute Gasteiger partial charge is 0.0727 e. The Morgan fingerprint density at radius 1 is 1.12 bits per heavy atom. The van der Waals surface area contributed by atoms with Crippen molar-refractivity contribution in [3.63, 3.8) is 0 Å². The lowest BCUT2D eigenvalue weighted by Crippen LogP contribution is -2.08. The Bertz CT molecular complexity index is 471. The Kier molecular flexibility index (Phi) is 2.70. The molecule has 1 fully saturated rings. The van der Waals surface area contributed by atoms with Crippen LogP contribution in [0.15, 0.2) is 66.1 Å². The first kappa shape index (κ1) is 10.2. The quantitative estimate of drug-likeness (QED) is 0.755. The number of nitrogens with zero attached hydrogens (tertiary/aromatic N) is 1. The normalized spacial score (nSPS) is 21.8. The van der Waals surface area contributed by atoms with Gasteiger partial charge in [0.2, 0.25) is 0 Å². The largest absolute Gasteiger partial charge is 0.648 e. The average molecular weight is 224 g/mol.